The number of ether oxygens (including phenoxy) is 1. The third-order valence-corrected chi connectivity index (χ3v) is 7.49. The van der Waals surface area contributed by atoms with Gasteiger partial charge in [0.2, 0.25) is 10.0 Å². The van der Waals surface area contributed by atoms with Crippen LogP contribution in [0.15, 0.2) is 71.1 Å². The molecule has 13 heteroatoms. The van der Waals surface area contributed by atoms with Gasteiger partial charge in [-0.3, -0.25) is 0 Å². The van der Waals surface area contributed by atoms with Crippen LogP contribution in [-0.4, -0.2) is 47.4 Å². The topological polar surface area (TPSA) is 86.0 Å². The first-order chi connectivity index (χ1) is 17.0. The van der Waals surface area contributed by atoms with Crippen LogP contribution in [-0.2, 0) is 21.9 Å². The second kappa shape index (κ2) is 10.3. The number of hydrogen-bond donors (Lipinski definition) is 0. The quantitative estimate of drug-likeness (QED) is 0.337. The molecule has 0 amide bonds. The van der Waals surface area contributed by atoms with Gasteiger partial charge >= 0.3 is 6.36 Å². The van der Waals surface area contributed by atoms with E-state index < -0.39 is 28.2 Å². The fourth-order valence-corrected chi connectivity index (χ4v) is 5.15. The van der Waals surface area contributed by atoms with E-state index in [0.29, 0.717) is 29.8 Å². The minimum Gasteiger partial charge on any atom is -0.406 e. The molecule has 1 aliphatic heterocycles. The third-order valence-electron chi connectivity index (χ3n) is 5.58. The van der Waals surface area contributed by atoms with Gasteiger partial charge in [0.15, 0.2) is 6.10 Å². The predicted octanol–water partition coefficient (Wildman–Crippen LogP) is 4.40. The molecule has 0 saturated carbocycles. The molecule has 1 aromatic heterocycles. The van der Waals surface area contributed by atoms with Crippen LogP contribution in [0, 0.1) is 5.82 Å². The molecule has 3 aromatic rings. The van der Waals surface area contributed by atoms with E-state index in [1.807, 2.05) is 0 Å². The van der Waals surface area contributed by atoms with E-state index in [-0.39, 0.29) is 23.8 Å². The van der Waals surface area contributed by atoms with Crippen molar-refractivity contribution in [3.8, 4) is 5.75 Å². The SMILES string of the molecule is Cn1cncc1C(ON=C1CCN(S(=O)(=O)c2ccc(OC(F)(F)F)cc2)CC1)c1ccc(F)cc1. The minimum atomic E-state index is -4.86. The maximum absolute atomic E-state index is 13.4. The standard InChI is InChI=1S/C23H22F4N4O4S/c1-30-15-28-14-21(30)22(16-2-4-17(24)5-3-16)35-29-18-10-12-31(13-11-18)36(32,33)20-8-6-19(7-9-20)34-23(25,26)27/h2-9,14-15,22H,10-13H2,1H3. The summed E-state index contributed by atoms with van der Waals surface area (Å²) in [5.41, 5.74) is 2.01. The van der Waals surface area contributed by atoms with Crippen LogP contribution in [0.25, 0.3) is 0 Å². The van der Waals surface area contributed by atoms with Crippen molar-refractivity contribution >= 4 is 15.7 Å². The number of benzene rings is 2. The molecule has 0 aliphatic carbocycles. The zero-order chi connectivity index (χ0) is 25.9. The Morgan fingerprint density at radius 2 is 1.67 bits per heavy atom. The van der Waals surface area contributed by atoms with Gasteiger partial charge in [0, 0.05) is 38.5 Å². The van der Waals surface area contributed by atoms with Crippen molar-refractivity contribution in [2.45, 2.75) is 30.2 Å². The van der Waals surface area contributed by atoms with Crippen LogP contribution in [0.4, 0.5) is 17.6 Å². The van der Waals surface area contributed by atoms with E-state index in [1.165, 1.54) is 16.4 Å². The first kappa shape index (κ1) is 25.6. The summed E-state index contributed by atoms with van der Waals surface area (Å²) in [5, 5.41) is 4.25. The number of aromatic nitrogens is 2. The average molecular weight is 527 g/mol. The van der Waals surface area contributed by atoms with Crippen molar-refractivity contribution in [2.24, 2.45) is 12.2 Å². The fourth-order valence-electron chi connectivity index (χ4n) is 3.71. The Hall–Kier alpha value is -3.45. The molecule has 1 unspecified atom stereocenters. The van der Waals surface area contributed by atoms with Crippen LogP contribution >= 0.6 is 0 Å². The summed E-state index contributed by atoms with van der Waals surface area (Å²) in [6, 6.07) is 9.88. The summed E-state index contributed by atoms with van der Waals surface area (Å²) in [6.07, 6.45) is -1.68. The number of nitrogens with zero attached hydrogens (tertiary/aromatic N) is 4. The molecule has 0 bridgehead atoms. The smallest absolute Gasteiger partial charge is 0.406 e. The van der Waals surface area contributed by atoms with Gasteiger partial charge in [-0.25, -0.2) is 17.8 Å². The van der Waals surface area contributed by atoms with Gasteiger partial charge in [-0.15, -0.1) is 13.2 Å². The lowest BCUT2D eigenvalue weighted by atomic mass is 10.1. The Morgan fingerprint density at radius 1 is 1.03 bits per heavy atom. The van der Waals surface area contributed by atoms with Crippen molar-refractivity contribution < 1.29 is 35.6 Å². The molecular weight excluding hydrogens is 504 g/mol. The van der Waals surface area contributed by atoms with E-state index in [2.05, 4.69) is 14.9 Å². The highest BCUT2D eigenvalue weighted by Crippen LogP contribution is 2.28. The van der Waals surface area contributed by atoms with E-state index in [4.69, 9.17) is 4.84 Å². The van der Waals surface area contributed by atoms with Crippen LogP contribution in [0.1, 0.15) is 30.2 Å². The van der Waals surface area contributed by atoms with Gasteiger partial charge in [0.25, 0.3) is 0 Å². The molecule has 2 heterocycles. The Morgan fingerprint density at radius 3 is 2.22 bits per heavy atom. The van der Waals surface area contributed by atoms with E-state index in [0.717, 1.165) is 24.3 Å². The maximum Gasteiger partial charge on any atom is 0.573 e. The Bertz CT molecular complexity index is 1310. The number of imidazole rings is 1. The third kappa shape index (κ3) is 6.02. The van der Waals surface area contributed by atoms with Crippen molar-refractivity contribution in [1.82, 2.24) is 13.9 Å². The Labute approximate surface area is 204 Å². The minimum absolute atomic E-state index is 0.123. The number of rotatable bonds is 7. The first-order valence-corrected chi connectivity index (χ1v) is 12.3. The summed E-state index contributed by atoms with van der Waals surface area (Å²) < 4.78 is 83.0. The lowest BCUT2D eigenvalue weighted by Gasteiger charge is -2.27. The molecule has 0 N–H and O–H groups in total. The molecule has 4 rings (SSSR count). The van der Waals surface area contributed by atoms with Crippen molar-refractivity contribution in [1.29, 1.82) is 0 Å². The predicted molar refractivity (Wildman–Crippen MR) is 121 cm³/mol. The highest BCUT2D eigenvalue weighted by molar-refractivity contribution is 7.89. The van der Waals surface area contributed by atoms with Gasteiger partial charge in [-0.1, -0.05) is 17.3 Å². The van der Waals surface area contributed by atoms with Crippen LogP contribution in [0.2, 0.25) is 0 Å². The van der Waals surface area contributed by atoms with Gasteiger partial charge in [0.05, 0.1) is 28.8 Å². The van der Waals surface area contributed by atoms with Crippen LogP contribution in [0.3, 0.4) is 0 Å². The highest BCUT2D eigenvalue weighted by atomic mass is 32.2. The molecule has 1 aliphatic rings. The summed E-state index contributed by atoms with van der Waals surface area (Å²) in [5.74, 6) is -0.888. The monoisotopic (exact) mass is 526 g/mol. The molecule has 36 heavy (non-hydrogen) atoms. The Balaban J connectivity index is 1.43. The molecule has 192 valence electrons. The first-order valence-electron chi connectivity index (χ1n) is 10.8. The number of sulfonamides is 1. The van der Waals surface area contributed by atoms with Crippen molar-refractivity contribution in [3.05, 3.63) is 78.1 Å². The Kier molecular flexibility index (Phi) is 7.31. The lowest BCUT2D eigenvalue weighted by molar-refractivity contribution is -0.274. The van der Waals surface area contributed by atoms with E-state index >= 15 is 0 Å². The summed E-state index contributed by atoms with van der Waals surface area (Å²) in [4.78, 5) is 9.78. The highest BCUT2D eigenvalue weighted by Gasteiger charge is 2.32. The normalized spacial score (nSPS) is 16.0. The molecule has 0 spiro atoms. The number of piperidine rings is 1. The summed E-state index contributed by atoms with van der Waals surface area (Å²) in [6.45, 7) is 0.247. The van der Waals surface area contributed by atoms with Gasteiger partial charge in [-0.05, 0) is 36.4 Å². The van der Waals surface area contributed by atoms with Gasteiger partial charge in [0.1, 0.15) is 11.6 Å². The number of alkyl halides is 3. The largest absolute Gasteiger partial charge is 0.573 e. The second-order valence-corrected chi connectivity index (χ2v) is 9.99. The molecule has 0 radical (unpaired) electrons. The number of halogens is 4. The molecule has 1 fully saturated rings. The molecule has 2 aromatic carbocycles. The van der Waals surface area contributed by atoms with Gasteiger partial charge < -0.3 is 14.1 Å². The number of oxime groups is 1. The van der Waals surface area contributed by atoms with Crippen molar-refractivity contribution in [2.75, 3.05) is 13.1 Å². The summed E-state index contributed by atoms with van der Waals surface area (Å²) >= 11 is 0. The molecule has 8 nitrogen and oxygen atoms in total. The zero-order valence-electron chi connectivity index (χ0n) is 19.0. The molecular formula is C23H22F4N4O4S. The fraction of sp³-hybridized carbons (Fsp3) is 0.304. The summed E-state index contributed by atoms with van der Waals surface area (Å²) in [7, 11) is -2.12. The van der Waals surface area contributed by atoms with E-state index in [1.54, 1.807) is 36.3 Å². The van der Waals surface area contributed by atoms with Gasteiger partial charge in [-0.2, -0.15) is 4.31 Å². The van der Waals surface area contributed by atoms with Crippen molar-refractivity contribution in [3.63, 3.8) is 0 Å². The average Bonchev–Trinajstić information content (AvgIpc) is 3.25. The molecule has 1 saturated heterocycles. The number of hydrogen-bond acceptors (Lipinski definition) is 6. The van der Waals surface area contributed by atoms with Crippen LogP contribution < -0.4 is 4.74 Å². The zero-order valence-corrected chi connectivity index (χ0v) is 19.8. The van der Waals surface area contributed by atoms with E-state index in [9.17, 15) is 26.0 Å². The lowest BCUT2D eigenvalue weighted by Crippen LogP contribution is -2.38. The molecule has 1 atom stereocenters. The van der Waals surface area contributed by atoms with Crippen LogP contribution in [0.5, 0.6) is 5.75 Å². The maximum atomic E-state index is 13.4. The number of aryl methyl sites for hydroxylation is 1. The second-order valence-electron chi connectivity index (χ2n) is 8.05.